The maximum Gasteiger partial charge on any atom is 0.279 e. The van der Waals surface area contributed by atoms with Crippen molar-refractivity contribution >= 4 is 28.9 Å². The molecule has 0 spiro atoms. The number of halogens is 1. The number of carbonyl (C=O) groups excluding carboxylic acids is 1. The molecule has 0 unspecified atom stereocenters. The average Bonchev–Trinajstić information content (AvgIpc) is 2.70. The quantitative estimate of drug-likeness (QED) is 0.547. The topological polar surface area (TPSA) is 48.8 Å². The summed E-state index contributed by atoms with van der Waals surface area (Å²) in [6.45, 7) is 9.31. The van der Waals surface area contributed by atoms with Gasteiger partial charge >= 0.3 is 0 Å². The van der Waals surface area contributed by atoms with E-state index in [2.05, 4.69) is 29.4 Å². The summed E-state index contributed by atoms with van der Waals surface area (Å²) in [7, 11) is 0. The second-order valence-corrected chi connectivity index (χ2v) is 7.96. The molecule has 1 aromatic carbocycles. The average molecular weight is 410 g/mol. The van der Waals surface area contributed by atoms with Gasteiger partial charge in [0.05, 0.1) is 26.2 Å². The Morgan fingerprint density at radius 1 is 1.25 bits per heavy atom. The van der Waals surface area contributed by atoms with Crippen molar-refractivity contribution < 1.29 is 14.1 Å². The van der Waals surface area contributed by atoms with Gasteiger partial charge in [-0.25, -0.2) is 4.39 Å². The zero-order valence-electron chi connectivity index (χ0n) is 17.1. The molecule has 0 saturated carbocycles. The van der Waals surface area contributed by atoms with Gasteiger partial charge in [-0.2, -0.15) is 0 Å². The summed E-state index contributed by atoms with van der Waals surface area (Å²) < 4.78 is 12.9. The first kappa shape index (κ1) is 22.6. The van der Waals surface area contributed by atoms with Crippen LogP contribution in [0.5, 0.6) is 0 Å². The zero-order chi connectivity index (χ0) is 20.4. The molecule has 1 saturated heterocycles. The van der Waals surface area contributed by atoms with Crippen molar-refractivity contribution in [1.29, 1.82) is 0 Å². The summed E-state index contributed by atoms with van der Waals surface area (Å²) >= 11 is 5.57. The molecule has 0 bridgehead atoms. The van der Waals surface area contributed by atoms with E-state index in [9.17, 15) is 9.18 Å². The van der Waals surface area contributed by atoms with Crippen LogP contribution in [-0.2, 0) is 4.79 Å². The van der Waals surface area contributed by atoms with Crippen LogP contribution in [0.2, 0.25) is 0 Å². The lowest BCUT2D eigenvalue weighted by Gasteiger charge is -2.34. The molecule has 7 heteroatoms. The van der Waals surface area contributed by atoms with Gasteiger partial charge in [-0.1, -0.05) is 33.1 Å². The Morgan fingerprint density at radius 3 is 2.54 bits per heavy atom. The molecule has 1 atom stereocenters. The highest BCUT2D eigenvalue weighted by molar-refractivity contribution is 7.80. The maximum atomic E-state index is 12.9. The Labute approximate surface area is 173 Å². The molecular weight excluding hydrogens is 375 g/mol. The maximum absolute atomic E-state index is 12.9. The third kappa shape index (κ3) is 7.72. The summed E-state index contributed by atoms with van der Waals surface area (Å²) in [6, 6.07) is 5.85. The number of carbonyl (C=O) groups is 1. The molecule has 3 N–H and O–H groups in total. The molecule has 0 aliphatic carbocycles. The van der Waals surface area contributed by atoms with E-state index in [1.54, 1.807) is 12.1 Å². The normalized spacial score (nSPS) is 15.9. The summed E-state index contributed by atoms with van der Waals surface area (Å²) in [5, 5.41) is 7.11. The largest absolute Gasteiger partial charge is 0.362 e. The highest BCUT2D eigenvalue weighted by Crippen LogP contribution is 2.11. The lowest BCUT2D eigenvalue weighted by Crippen LogP contribution is -3.15. The zero-order valence-corrected chi connectivity index (χ0v) is 17.9. The summed E-state index contributed by atoms with van der Waals surface area (Å²) in [4.78, 5) is 15.7. The number of rotatable bonds is 9. The number of unbranched alkanes of at least 4 members (excludes halogenated alkanes) is 1. The highest BCUT2D eigenvalue weighted by atomic mass is 32.1. The summed E-state index contributed by atoms with van der Waals surface area (Å²) in [5.41, 5.74) is 0.628. The van der Waals surface area contributed by atoms with Crippen molar-refractivity contribution in [2.75, 3.05) is 44.6 Å². The number of hydrogen-bond donors (Lipinski definition) is 3. The predicted octanol–water partition coefficient (Wildman–Crippen LogP) is 2.06. The number of nitrogens with one attached hydrogen (secondary N) is 3. The van der Waals surface area contributed by atoms with E-state index in [0.717, 1.165) is 37.8 Å². The molecule has 1 fully saturated rings. The fourth-order valence-electron chi connectivity index (χ4n) is 3.46. The van der Waals surface area contributed by atoms with Crippen LogP contribution in [0.3, 0.4) is 0 Å². The second kappa shape index (κ2) is 12.0. The molecule has 156 valence electrons. The van der Waals surface area contributed by atoms with Crippen LogP contribution in [-0.4, -0.2) is 55.2 Å². The number of anilines is 1. The third-order valence-corrected chi connectivity index (χ3v) is 5.78. The number of hydrogen-bond acceptors (Lipinski definition) is 2. The van der Waals surface area contributed by atoms with E-state index in [1.165, 1.54) is 42.7 Å². The van der Waals surface area contributed by atoms with Gasteiger partial charge in [0.1, 0.15) is 5.82 Å². The number of benzene rings is 1. The van der Waals surface area contributed by atoms with Gasteiger partial charge in [-0.15, -0.1) is 0 Å². The Kier molecular flexibility index (Phi) is 9.64. The number of thiocarbonyl (C=S) groups is 1. The molecule has 1 aliphatic rings. The molecule has 1 heterocycles. The van der Waals surface area contributed by atoms with E-state index >= 15 is 0 Å². The lowest BCUT2D eigenvalue weighted by atomic mass is 9.99. The van der Waals surface area contributed by atoms with Crippen LogP contribution in [0.15, 0.2) is 24.3 Å². The fourth-order valence-corrected chi connectivity index (χ4v) is 3.72. The van der Waals surface area contributed by atoms with Gasteiger partial charge in [0.25, 0.3) is 5.91 Å². The lowest BCUT2D eigenvalue weighted by molar-refractivity contribution is -0.895. The molecule has 1 aliphatic heterocycles. The van der Waals surface area contributed by atoms with E-state index in [1.807, 2.05) is 0 Å². The minimum absolute atomic E-state index is 0.0440. The fraction of sp³-hybridized carbons (Fsp3) is 0.619. The van der Waals surface area contributed by atoms with Crippen molar-refractivity contribution in [1.82, 2.24) is 10.2 Å². The Hall–Kier alpha value is -1.73. The van der Waals surface area contributed by atoms with E-state index in [-0.39, 0.29) is 11.7 Å². The van der Waals surface area contributed by atoms with E-state index in [0.29, 0.717) is 18.2 Å². The van der Waals surface area contributed by atoms with Gasteiger partial charge in [0, 0.05) is 12.2 Å². The van der Waals surface area contributed by atoms with Crippen LogP contribution < -0.4 is 15.5 Å². The number of nitrogens with zero attached hydrogens (tertiary/aromatic N) is 1. The third-order valence-electron chi connectivity index (χ3n) is 5.38. The number of piperazine rings is 1. The molecule has 2 rings (SSSR count). The Balaban J connectivity index is 1.67. The van der Waals surface area contributed by atoms with Crippen molar-refractivity contribution in [3.05, 3.63) is 30.1 Å². The second-order valence-electron chi connectivity index (χ2n) is 7.57. The van der Waals surface area contributed by atoms with E-state index < -0.39 is 0 Å². The van der Waals surface area contributed by atoms with Crippen LogP contribution in [0.1, 0.15) is 39.5 Å². The molecule has 28 heavy (non-hydrogen) atoms. The van der Waals surface area contributed by atoms with Crippen molar-refractivity contribution in [2.24, 2.45) is 5.92 Å². The van der Waals surface area contributed by atoms with E-state index in [4.69, 9.17) is 12.2 Å². The van der Waals surface area contributed by atoms with Crippen molar-refractivity contribution in [2.45, 2.75) is 39.5 Å². The molecular formula is C21H34FN4OS+. The Bertz CT molecular complexity index is 617. The monoisotopic (exact) mass is 409 g/mol. The van der Waals surface area contributed by atoms with Crippen LogP contribution in [0, 0.1) is 11.7 Å². The summed E-state index contributed by atoms with van der Waals surface area (Å²) in [6.07, 6.45) is 4.94. The molecule has 1 amide bonds. The number of quaternary nitrogens is 1. The number of amides is 1. The van der Waals surface area contributed by atoms with Gasteiger partial charge in [0.15, 0.2) is 11.7 Å². The van der Waals surface area contributed by atoms with Gasteiger partial charge in [-0.05, 0) is 48.8 Å². The van der Waals surface area contributed by atoms with Gasteiger partial charge in [-0.3, -0.25) is 4.79 Å². The molecule has 0 aromatic heterocycles. The Morgan fingerprint density at radius 2 is 1.93 bits per heavy atom. The SMILES string of the molecule is CCCC[C@@H](CC)CNC(=S)N1CC[NH+](CC(=O)Nc2ccc(F)cc2)CC1. The molecule has 0 radical (unpaired) electrons. The van der Waals surface area contributed by atoms with Crippen LogP contribution in [0.4, 0.5) is 10.1 Å². The predicted molar refractivity (Wildman–Crippen MR) is 116 cm³/mol. The summed E-state index contributed by atoms with van der Waals surface area (Å²) in [5.74, 6) is 0.331. The van der Waals surface area contributed by atoms with Crippen molar-refractivity contribution in [3.8, 4) is 0 Å². The molecule has 1 aromatic rings. The molecule has 5 nitrogen and oxygen atoms in total. The first-order chi connectivity index (χ1) is 13.5. The first-order valence-electron chi connectivity index (χ1n) is 10.4. The van der Waals surface area contributed by atoms with Crippen molar-refractivity contribution in [3.63, 3.8) is 0 Å². The van der Waals surface area contributed by atoms with Gasteiger partial charge in [0.2, 0.25) is 0 Å². The van der Waals surface area contributed by atoms with Crippen LogP contribution >= 0.6 is 12.2 Å². The standard InChI is InChI=1S/C21H33FN4OS/c1-3-5-6-17(4-2)15-23-21(28)26-13-11-25(12-14-26)16-20(27)24-19-9-7-18(22)8-10-19/h7-10,17H,3-6,11-16H2,1-2H3,(H,23,28)(H,24,27)/p+1/t17-/m1/s1. The first-order valence-corrected chi connectivity index (χ1v) is 10.8. The smallest absolute Gasteiger partial charge is 0.279 e. The minimum Gasteiger partial charge on any atom is -0.362 e. The highest BCUT2D eigenvalue weighted by Gasteiger charge is 2.23. The minimum atomic E-state index is -0.306. The van der Waals surface area contributed by atoms with Gasteiger partial charge < -0.3 is 20.4 Å². The van der Waals surface area contributed by atoms with Crippen LogP contribution in [0.25, 0.3) is 0 Å².